The van der Waals surface area contributed by atoms with Gasteiger partial charge in [-0.1, -0.05) is 41.4 Å². The molecular weight excluding hydrogens is 444 g/mol. The smallest absolute Gasteiger partial charge is 0.339 e. The number of esters is 1. The molecule has 28 heavy (non-hydrogen) atoms. The van der Waals surface area contributed by atoms with Gasteiger partial charge in [0.2, 0.25) is 0 Å². The summed E-state index contributed by atoms with van der Waals surface area (Å²) < 4.78 is 11.2. The largest absolute Gasteiger partial charge is 0.493 e. The van der Waals surface area contributed by atoms with Gasteiger partial charge in [0.15, 0.2) is 5.11 Å². The number of nitrogens with one attached hydrogen (secondary N) is 2. The topological polar surface area (TPSA) is 76.7 Å². The summed E-state index contributed by atoms with van der Waals surface area (Å²) in [5.74, 6) is -0.441. The molecule has 0 aliphatic carbocycles. The van der Waals surface area contributed by atoms with Gasteiger partial charge in [0.1, 0.15) is 5.75 Å². The average Bonchev–Trinajstić information content (AvgIpc) is 2.68. The van der Waals surface area contributed by atoms with Gasteiger partial charge >= 0.3 is 5.97 Å². The number of carbonyl (C=O) groups is 2. The number of para-hydroxylation sites is 1. The summed E-state index contributed by atoms with van der Waals surface area (Å²) in [6, 6.07) is 11.9. The van der Waals surface area contributed by atoms with Crippen LogP contribution in [0.5, 0.6) is 5.75 Å². The number of ether oxygens (including phenoxy) is 2. The van der Waals surface area contributed by atoms with E-state index >= 15 is 0 Å². The van der Waals surface area contributed by atoms with Crippen molar-refractivity contribution in [1.29, 1.82) is 0 Å². The van der Waals surface area contributed by atoms with Crippen LogP contribution in [-0.4, -0.2) is 30.7 Å². The molecule has 2 rings (SSSR count). The second-order valence-corrected chi connectivity index (χ2v) is 7.11. The average molecular weight is 465 g/mol. The van der Waals surface area contributed by atoms with Crippen molar-refractivity contribution in [2.45, 2.75) is 19.8 Å². The van der Waals surface area contributed by atoms with Gasteiger partial charge in [-0.2, -0.15) is 0 Å². The van der Waals surface area contributed by atoms with Crippen molar-refractivity contribution in [3.05, 3.63) is 58.1 Å². The SMILES string of the molecule is CCCCOc1ccc(Br)cc1C(=O)NC(=S)Nc1ccccc1C(=O)OC. The van der Waals surface area contributed by atoms with Crippen molar-refractivity contribution in [1.82, 2.24) is 5.32 Å². The van der Waals surface area contributed by atoms with Gasteiger partial charge in [-0.3, -0.25) is 10.1 Å². The Morgan fingerprint density at radius 1 is 1.14 bits per heavy atom. The minimum Gasteiger partial charge on any atom is -0.493 e. The van der Waals surface area contributed by atoms with Gasteiger partial charge < -0.3 is 14.8 Å². The quantitative estimate of drug-likeness (QED) is 0.355. The Bertz CT molecular complexity index is 873. The maximum Gasteiger partial charge on any atom is 0.339 e. The first-order valence-electron chi connectivity index (χ1n) is 8.68. The molecule has 0 spiro atoms. The third-order valence-electron chi connectivity index (χ3n) is 3.75. The van der Waals surface area contributed by atoms with Gasteiger partial charge in [-0.25, -0.2) is 4.79 Å². The van der Waals surface area contributed by atoms with Crippen molar-refractivity contribution in [2.24, 2.45) is 0 Å². The first-order valence-corrected chi connectivity index (χ1v) is 9.88. The van der Waals surface area contributed by atoms with E-state index in [-0.39, 0.29) is 5.11 Å². The number of unbranched alkanes of at least 4 members (excludes halogenated alkanes) is 1. The van der Waals surface area contributed by atoms with Gasteiger partial charge in [0.05, 0.1) is 30.5 Å². The number of benzene rings is 2. The molecule has 0 saturated heterocycles. The molecule has 0 aliphatic rings. The van der Waals surface area contributed by atoms with Crippen molar-refractivity contribution >= 4 is 50.8 Å². The van der Waals surface area contributed by atoms with E-state index in [2.05, 4.69) is 33.5 Å². The van der Waals surface area contributed by atoms with Crippen LogP contribution < -0.4 is 15.4 Å². The molecule has 8 heteroatoms. The molecule has 0 bridgehead atoms. The van der Waals surface area contributed by atoms with Crippen LogP contribution in [-0.2, 0) is 4.74 Å². The first-order chi connectivity index (χ1) is 13.5. The van der Waals surface area contributed by atoms with Crippen LogP contribution in [0.2, 0.25) is 0 Å². The van der Waals surface area contributed by atoms with Crippen LogP contribution in [0.1, 0.15) is 40.5 Å². The van der Waals surface area contributed by atoms with Crippen molar-refractivity contribution in [3.63, 3.8) is 0 Å². The molecule has 0 unspecified atom stereocenters. The monoisotopic (exact) mass is 464 g/mol. The Kier molecular flexibility index (Phi) is 8.41. The van der Waals surface area contributed by atoms with Gasteiger partial charge in [-0.05, 0) is 49.0 Å². The molecule has 6 nitrogen and oxygen atoms in total. The molecule has 0 radical (unpaired) electrons. The molecular formula is C20H21BrN2O4S. The molecule has 148 valence electrons. The summed E-state index contributed by atoms with van der Waals surface area (Å²) in [5.41, 5.74) is 1.11. The van der Waals surface area contributed by atoms with E-state index in [1.807, 2.05) is 0 Å². The van der Waals surface area contributed by atoms with E-state index in [0.29, 0.717) is 29.2 Å². The molecule has 0 atom stereocenters. The highest BCUT2D eigenvalue weighted by Gasteiger charge is 2.17. The Morgan fingerprint density at radius 3 is 2.61 bits per heavy atom. The number of carbonyl (C=O) groups excluding carboxylic acids is 2. The Labute approximate surface area is 177 Å². The fourth-order valence-corrected chi connectivity index (χ4v) is 2.90. The van der Waals surface area contributed by atoms with Crippen LogP contribution >= 0.6 is 28.1 Å². The second kappa shape index (κ2) is 10.8. The van der Waals surface area contributed by atoms with E-state index in [1.54, 1.807) is 42.5 Å². The lowest BCUT2D eigenvalue weighted by Crippen LogP contribution is -2.34. The molecule has 0 aliphatic heterocycles. The van der Waals surface area contributed by atoms with Crippen LogP contribution in [0.15, 0.2) is 46.9 Å². The lowest BCUT2D eigenvalue weighted by molar-refractivity contribution is 0.0602. The number of hydrogen-bond donors (Lipinski definition) is 2. The Morgan fingerprint density at radius 2 is 1.89 bits per heavy atom. The maximum atomic E-state index is 12.7. The van der Waals surface area contributed by atoms with E-state index in [1.165, 1.54) is 7.11 Å². The highest BCUT2D eigenvalue weighted by Crippen LogP contribution is 2.24. The van der Waals surface area contributed by atoms with E-state index in [9.17, 15) is 9.59 Å². The number of anilines is 1. The van der Waals surface area contributed by atoms with Gasteiger partial charge in [-0.15, -0.1) is 0 Å². The summed E-state index contributed by atoms with van der Waals surface area (Å²) in [7, 11) is 1.30. The minimum atomic E-state index is -0.504. The van der Waals surface area contributed by atoms with E-state index in [0.717, 1.165) is 17.3 Å². The number of amides is 1. The van der Waals surface area contributed by atoms with Crippen LogP contribution in [0.3, 0.4) is 0 Å². The second-order valence-electron chi connectivity index (χ2n) is 5.79. The zero-order valence-electron chi connectivity index (χ0n) is 15.6. The van der Waals surface area contributed by atoms with Crippen molar-refractivity contribution in [3.8, 4) is 5.75 Å². The standard InChI is InChI=1S/C20H21BrN2O4S/c1-3-4-11-27-17-10-9-13(21)12-15(17)18(24)23-20(28)22-16-8-6-5-7-14(16)19(25)26-2/h5-10,12H,3-4,11H2,1-2H3,(H2,22,23,24,28). The zero-order valence-corrected chi connectivity index (χ0v) is 18.0. The molecule has 0 aromatic heterocycles. The third-order valence-corrected chi connectivity index (χ3v) is 4.45. The molecule has 2 aromatic carbocycles. The summed E-state index contributed by atoms with van der Waals surface area (Å²) in [6.45, 7) is 2.59. The van der Waals surface area contributed by atoms with Crippen molar-refractivity contribution < 1.29 is 19.1 Å². The predicted octanol–water partition coefficient (Wildman–Crippen LogP) is 4.54. The van der Waals surface area contributed by atoms with E-state index < -0.39 is 11.9 Å². The summed E-state index contributed by atoms with van der Waals surface area (Å²) in [4.78, 5) is 24.5. The summed E-state index contributed by atoms with van der Waals surface area (Å²) >= 11 is 8.59. The maximum absolute atomic E-state index is 12.7. The highest BCUT2D eigenvalue weighted by atomic mass is 79.9. The van der Waals surface area contributed by atoms with Gasteiger partial charge in [0, 0.05) is 4.47 Å². The number of hydrogen-bond acceptors (Lipinski definition) is 5. The zero-order chi connectivity index (χ0) is 20.5. The highest BCUT2D eigenvalue weighted by molar-refractivity contribution is 9.10. The normalized spacial score (nSPS) is 10.1. The van der Waals surface area contributed by atoms with Crippen LogP contribution in [0, 0.1) is 0 Å². The summed E-state index contributed by atoms with van der Waals surface area (Å²) in [6.07, 6.45) is 1.88. The number of methoxy groups -OCH3 is 1. The number of thiocarbonyl (C=S) groups is 1. The fourth-order valence-electron chi connectivity index (χ4n) is 2.34. The summed E-state index contributed by atoms with van der Waals surface area (Å²) in [5, 5.41) is 5.53. The Hall–Kier alpha value is -2.45. The predicted molar refractivity (Wildman–Crippen MR) is 116 cm³/mol. The Balaban J connectivity index is 2.12. The lowest BCUT2D eigenvalue weighted by Gasteiger charge is -2.14. The van der Waals surface area contributed by atoms with Gasteiger partial charge in [0.25, 0.3) is 5.91 Å². The lowest BCUT2D eigenvalue weighted by atomic mass is 10.2. The van der Waals surface area contributed by atoms with Crippen molar-refractivity contribution in [2.75, 3.05) is 19.0 Å². The molecule has 1 amide bonds. The molecule has 0 fully saturated rings. The number of halogens is 1. The first kappa shape index (κ1) is 21.8. The molecule has 0 saturated carbocycles. The molecule has 2 N–H and O–H groups in total. The third kappa shape index (κ3) is 6.03. The molecule has 0 heterocycles. The minimum absolute atomic E-state index is 0.0563. The molecule has 2 aromatic rings. The van der Waals surface area contributed by atoms with Crippen LogP contribution in [0.4, 0.5) is 5.69 Å². The number of rotatable bonds is 7. The van der Waals surface area contributed by atoms with Crippen LogP contribution in [0.25, 0.3) is 0 Å². The van der Waals surface area contributed by atoms with E-state index in [4.69, 9.17) is 21.7 Å². The fraction of sp³-hybridized carbons (Fsp3) is 0.250.